The Kier molecular flexibility index (Phi) is 4.86. The van der Waals surface area contributed by atoms with Crippen molar-refractivity contribution in [3.63, 3.8) is 0 Å². The van der Waals surface area contributed by atoms with Crippen LogP contribution in [-0.2, 0) is 0 Å². The number of alkyl halides is 3. The topological polar surface area (TPSA) is 62.8 Å². The average Bonchev–Trinajstić information content (AvgIpc) is 2.95. The summed E-state index contributed by atoms with van der Waals surface area (Å²) >= 11 is 1.47. The van der Waals surface area contributed by atoms with Crippen LogP contribution in [0.1, 0.15) is 17.5 Å². The van der Waals surface area contributed by atoms with Crippen molar-refractivity contribution in [3.8, 4) is 22.3 Å². The SMILES string of the molecule is CC#Cc1ccc(-c2ccnc(/C(N)=C/C(=N)C(F)(F)F)c2)s1. The van der Waals surface area contributed by atoms with E-state index in [2.05, 4.69) is 16.8 Å². The zero-order chi connectivity index (χ0) is 17.0. The van der Waals surface area contributed by atoms with E-state index in [1.54, 1.807) is 19.1 Å². The Balaban J connectivity index is 2.33. The van der Waals surface area contributed by atoms with Crippen molar-refractivity contribution in [2.75, 3.05) is 0 Å². The molecule has 0 saturated carbocycles. The van der Waals surface area contributed by atoms with Gasteiger partial charge >= 0.3 is 6.18 Å². The van der Waals surface area contributed by atoms with Crippen LogP contribution in [0.25, 0.3) is 16.1 Å². The maximum absolute atomic E-state index is 12.4. The summed E-state index contributed by atoms with van der Waals surface area (Å²) in [6.07, 6.45) is -2.70. The Morgan fingerprint density at radius 1 is 1.35 bits per heavy atom. The monoisotopic (exact) mass is 335 g/mol. The first-order chi connectivity index (χ1) is 10.8. The summed E-state index contributed by atoms with van der Waals surface area (Å²) in [5.74, 6) is 5.74. The van der Waals surface area contributed by atoms with E-state index in [-0.39, 0.29) is 11.4 Å². The molecule has 0 atom stereocenters. The van der Waals surface area contributed by atoms with Crippen molar-refractivity contribution < 1.29 is 13.2 Å². The standard InChI is InChI=1S/C16H12F3N3S/c1-2-3-11-4-5-14(23-11)10-6-7-22-13(8-10)12(20)9-15(21)16(17,18)19/h4-9,21H,20H2,1H3/b12-9-,21-15?. The highest BCUT2D eigenvalue weighted by Crippen LogP contribution is 2.28. The lowest BCUT2D eigenvalue weighted by Crippen LogP contribution is -2.20. The molecule has 0 radical (unpaired) electrons. The molecule has 7 heteroatoms. The number of nitrogens with two attached hydrogens (primary N) is 1. The van der Waals surface area contributed by atoms with Crippen LogP contribution in [-0.4, -0.2) is 16.9 Å². The molecule has 0 aliphatic carbocycles. The summed E-state index contributed by atoms with van der Waals surface area (Å²) in [6.45, 7) is 1.74. The quantitative estimate of drug-likeness (QED) is 0.656. The van der Waals surface area contributed by atoms with Crippen molar-refractivity contribution in [2.24, 2.45) is 5.73 Å². The minimum absolute atomic E-state index is 0.188. The first kappa shape index (κ1) is 16.8. The van der Waals surface area contributed by atoms with Crippen LogP contribution in [0.3, 0.4) is 0 Å². The molecule has 0 aromatic carbocycles. The van der Waals surface area contributed by atoms with E-state index >= 15 is 0 Å². The van der Waals surface area contributed by atoms with E-state index in [9.17, 15) is 13.2 Å². The first-order valence-corrected chi connectivity index (χ1v) is 7.25. The minimum atomic E-state index is -4.73. The smallest absolute Gasteiger partial charge is 0.397 e. The van der Waals surface area contributed by atoms with Crippen LogP contribution in [0, 0.1) is 17.3 Å². The van der Waals surface area contributed by atoms with Gasteiger partial charge in [-0.05, 0) is 42.8 Å². The van der Waals surface area contributed by atoms with Crippen LogP contribution in [0.2, 0.25) is 0 Å². The third-order valence-corrected chi connectivity index (χ3v) is 3.85. The van der Waals surface area contributed by atoms with Crippen LogP contribution in [0.4, 0.5) is 13.2 Å². The Morgan fingerprint density at radius 2 is 2.09 bits per heavy atom. The molecule has 0 spiro atoms. The normalized spacial score (nSPS) is 11.7. The van der Waals surface area contributed by atoms with Gasteiger partial charge in [-0.15, -0.1) is 17.3 Å². The average molecular weight is 335 g/mol. The Morgan fingerprint density at radius 3 is 2.74 bits per heavy atom. The predicted molar refractivity (Wildman–Crippen MR) is 86.0 cm³/mol. The summed E-state index contributed by atoms with van der Waals surface area (Å²) in [4.78, 5) is 5.76. The molecule has 3 nitrogen and oxygen atoms in total. The lowest BCUT2D eigenvalue weighted by atomic mass is 10.1. The van der Waals surface area contributed by atoms with Gasteiger partial charge in [0.05, 0.1) is 16.3 Å². The second-order valence-corrected chi connectivity index (χ2v) is 5.56. The Bertz CT molecular complexity index is 823. The molecule has 0 aliphatic heterocycles. The number of hydrogen-bond acceptors (Lipinski definition) is 4. The molecule has 0 amide bonds. The van der Waals surface area contributed by atoms with E-state index in [1.807, 2.05) is 12.1 Å². The molecule has 23 heavy (non-hydrogen) atoms. The predicted octanol–water partition coefficient (Wildman–Crippen LogP) is 4.06. The minimum Gasteiger partial charge on any atom is -0.397 e. The summed E-state index contributed by atoms with van der Waals surface area (Å²) in [5, 5.41) is 6.96. The third-order valence-electron chi connectivity index (χ3n) is 2.80. The Labute approximate surface area is 135 Å². The number of nitrogens with one attached hydrogen (secondary N) is 1. The van der Waals surface area contributed by atoms with Crippen LogP contribution in [0.15, 0.2) is 36.5 Å². The number of rotatable bonds is 3. The van der Waals surface area contributed by atoms with Gasteiger partial charge in [0.2, 0.25) is 0 Å². The number of pyridine rings is 1. The van der Waals surface area contributed by atoms with Gasteiger partial charge in [-0.25, -0.2) is 0 Å². The molecule has 0 aliphatic rings. The van der Waals surface area contributed by atoms with Gasteiger partial charge in [-0.3, -0.25) is 10.4 Å². The summed E-state index contributed by atoms with van der Waals surface area (Å²) < 4.78 is 37.2. The molecule has 0 fully saturated rings. The molecule has 2 aromatic rings. The molecular formula is C16H12F3N3S. The molecule has 0 unspecified atom stereocenters. The highest BCUT2D eigenvalue weighted by Gasteiger charge is 2.32. The number of nitrogens with zero attached hydrogens (tertiary/aromatic N) is 1. The zero-order valence-electron chi connectivity index (χ0n) is 12.0. The van der Waals surface area contributed by atoms with Crippen LogP contribution < -0.4 is 5.73 Å². The first-order valence-electron chi connectivity index (χ1n) is 6.43. The lowest BCUT2D eigenvalue weighted by Gasteiger charge is -2.06. The fourth-order valence-electron chi connectivity index (χ4n) is 1.74. The molecule has 0 saturated heterocycles. The van der Waals surface area contributed by atoms with Crippen molar-refractivity contribution >= 4 is 22.7 Å². The zero-order valence-corrected chi connectivity index (χ0v) is 12.8. The molecule has 118 valence electrons. The second-order valence-electron chi connectivity index (χ2n) is 4.48. The Hall–Kier alpha value is -2.59. The molecular weight excluding hydrogens is 323 g/mol. The summed E-state index contributed by atoms with van der Waals surface area (Å²) in [5.41, 5.74) is 4.87. The van der Waals surface area contributed by atoms with E-state index in [0.29, 0.717) is 6.08 Å². The summed E-state index contributed by atoms with van der Waals surface area (Å²) in [7, 11) is 0. The van der Waals surface area contributed by atoms with Gasteiger partial charge in [0.15, 0.2) is 0 Å². The van der Waals surface area contributed by atoms with Crippen molar-refractivity contribution in [1.82, 2.24) is 4.98 Å². The van der Waals surface area contributed by atoms with Gasteiger partial charge < -0.3 is 5.73 Å². The van der Waals surface area contributed by atoms with Crippen LogP contribution >= 0.6 is 11.3 Å². The van der Waals surface area contributed by atoms with Crippen molar-refractivity contribution in [3.05, 3.63) is 47.1 Å². The fraction of sp³-hybridized carbons (Fsp3) is 0.125. The van der Waals surface area contributed by atoms with Crippen LogP contribution in [0.5, 0.6) is 0 Å². The number of aromatic nitrogens is 1. The summed E-state index contributed by atoms with van der Waals surface area (Å²) in [6, 6.07) is 7.07. The fourth-order valence-corrected chi connectivity index (χ4v) is 2.64. The highest BCUT2D eigenvalue weighted by molar-refractivity contribution is 7.16. The second kappa shape index (κ2) is 6.67. The lowest BCUT2D eigenvalue weighted by molar-refractivity contribution is -0.0583. The molecule has 2 heterocycles. The van der Waals surface area contributed by atoms with Gasteiger partial charge in [0.1, 0.15) is 5.71 Å². The van der Waals surface area contributed by atoms with Gasteiger partial charge in [-0.2, -0.15) is 13.2 Å². The maximum atomic E-state index is 12.4. The van der Waals surface area contributed by atoms with Gasteiger partial charge in [0.25, 0.3) is 0 Å². The number of allylic oxidation sites excluding steroid dienone is 1. The number of thiophene rings is 1. The van der Waals surface area contributed by atoms with Crippen molar-refractivity contribution in [1.29, 1.82) is 5.41 Å². The van der Waals surface area contributed by atoms with E-state index in [4.69, 9.17) is 11.1 Å². The number of hydrogen-bond donors (Lipinski definition) is 2. The highest BCUT2D eigenvalue weighted by atomic mass is 32.1. The van der Waals surface area contributed by atoms with E-state index in [0.717, 1.165) is 15.3 Å². The maximum Gasteiger partial charge on any atom is 0.432 e. The molecule has 2 aromatic heterocycles. The molecule has 0 bridgehead atoms. The van der Waals surface area contributed by atoms with Crippen molar-refractivity contribution in [2.45, 2.75) is 13.1 Å². The van der Waals surface area contributed by atoms with Gasteiger partial charge in [-0.1, -0.05) is 5.92 Å². The largest absolute Gasteiger partial charge is 0.432 e. The van der Waals surface area contributed by atoms with E-state index in [1.165, 1.54) is 17.5 Å². The third kappa shape index (κ3) is 4.20. The van der Waals surface area contributed by atoms with Gasteiger partial charge in [0, 0.05) is 11.1 Å². The molecule has 2 rings (SSSR count). The van der Waals surface area contributed by atoms with E-state index < -0.39 is 11.9 Å². The number of halogens is 3. The molecule has 3 N–H and O–H groups in total.